The standard InChI is InChI=1S/C23H23NO4S/c1-16(29-18-13-14-21(26-2)22(15-18)27-3)23(25)24-19-11-7-8-12-20(19)28-17-9-5-4-6-10-17/h4-16H,1-3H3,(H,24,25)/t16-/m0/s1. The van der Waals surface area contributed by atoms with Crippen molar-refractivity contribution in [3.05, 3.63) is 72.8 Å². The monoisotopic (exact) mass is 409 g/mol. The summed E-state index contributed by atoms with van der Waals surface area (Å²) in [5.41, 5.74) is 0.626. The number of anilines is 1. The van der Waals surface area contributed by atoms with Gasteiger partial charge in [0.2, 0.25) is 5.91 Å². The average Bonchev–Trinajstić information content (AvgIpc) is 2.75. The van der Waals surface area contributed by atoms with Gasteiger partial charge in [-0.2, -0.15) is 0 Å². The summed E-state index contributed by atoms with van der Waals surface area (Å²) in [5.74, 6) is 2.47. The van der Waals surface area contributed by atoms with E-state index in [1.54, 1.807) is 14.2 Å². The van der Waals surface area contributed by atoms with E-state index in [1.165, 1.54) is 11.8 Å². The third-order valence-electron chi connectivity index (χ3n) is 4.15. The number of ether oxygens (including phenoxy) is 3. The van der Waals surface area contributed by atoms with Crippen LogP contribution in [0.3, 0.4) is 0 Å². The first kappa shape index (κ1) is 20.6. The lowest BCUT2D eigenvalue weighted by Crippen LogP contribution is -2.22. The minimum atomic E-state index is -0.321. The highest BCUT2D eigenvalue weighted by atomic mass is 32.2. The van der Waals surface area contributed by atoms with Gasteiger partial charge in [-0.3, -0.25) is 4.79 Å². The topological polar surface area (TPSA) is 56.8 Å². The molecule has 5 nitrogen and oxygen atoms in total. The van der Waals surface area contributed by atoms with Gasteiger partial charge >= 0.3 is 0 Å². The molecule has 150 valence electrons. The Labute approximate surface area is 175 Å². The number of rotatable bonds is 8. The van der Waals surface area contributed by atoms with E-state index in [1.807, 2.05) is 79.7 Å². The Kier molecular flexibility index (Phi) is 7.03. The summed E-state index contributed by atoms with van der Waals surface area (Å²) in [4.78, 5) is 13.7. The van der Waals surface area contributed by atoms with E-state index in [4.69, 9.17) is 14.2 Å². The van der Waals surface area contributed by atoms with Crippen LogP contribution < -0.4 is 19.5 Å². The molecule has 6 heteroatoms. The normalized spacial score (nSPS) is 11.4. The van der Waals surface area contributed by atoms with Crippen molar-refractivity contribution in [2.24, 2.45) is 0 Å². The van der Waals surface area contributed by atoms with E-state index in [-0.39, 0.29) is 11.2 Å². The highest BCUT2D eigenvalue weighted by molar-refractivity contribution is 8.00. The Balaban J connectivity index is 1.69. The molecule has 1 N–H and O–H groups in total. The second-order valence-electron chi connectivity index (χ2n) is 6.18. The SMILES string of the molecule is COc1ccc(S[C@@H](C)C(=O)Nc2ccccc2Oc2ccccc2)cc1OC. The number of carbonyl (C=O) groups excluding carboxylic acids is 1. The number of hydrogen-bond donors (Lipinski definition) is 1. The number of hydrogen-bond acceptors (Lipinski definition) is 5. The van der Waals surface area contributed by atoms with Crippen molar-refractivity contribution in [2.45, 2.75) is 17.1 Å². The molecule has 0 fully saturated rings. The van der Waals surface area contributed by atoms with Gasteiger partial charge in [-0.25, -0.2) is 0 Å². The predicted molar refractivity (Wildman–Crippen MR) is 116 cm³/mol. The first-order valence-corrected chi connectivity index (χ1v) is 10.00. The van der Waals surface area contributed by atoms with E-state index in [2.05, 4.69) is 5.32 Å². The van der Waals surface area contributed by atoms with Gasteiger partial charge in [0.25, 0.3) is 0 Å². The van der Waals surface area contributed by atoms with Gasteiger partial charge in [0.1, 0.15) is 5.75 Å². The van der Waals surface area contributed by atoms with Crippen molar-refractivity contribution >= 4 is 23.4 Å². The number of amides is 1. The third kappa shape index (κ3) is 5.45. The van der Waals surface area contributed by atoms with Crippen LogP contribution in [0, 0.1) is 0 Å². The van der Waals surface area contributed by atoms with Crippen LogP contribution in [0.2, 0.25) is 0 Å². The largest absolute Gasteiger partial charge is 0.493 e. The number of nitrogens with one attached hydrogen (secondary N) is 1. The molecule has 3 rings (SSSR count). The quantitative estimate of drug-likeness (QED) is 0.490. The average molecular weight is 410 g/mol. The molecule has 1 atom stereocenters. The molecule has 0 unspecified atom stereocenters. The van der Waals surface area contributed by atoms with E-state index in [0.717, 1.165) is 4.90 Å². The lowest BCUT2D eigenvalue weighted by molar-refractivity contribution is -0.115. The molecule has 0 bridgehead atoms. The number of methoxy groups -OCH3 is 2. The molecular weight excluding hydrogens is 386 g/mol. The second kappa shape index (κ2) is 9.89. The molecule has 0 spiro atoms. The van der Waals surface area contributed by atoms with Crippen LogP contribution in [-0.4, -0.2) is 25.4 Å². The summed E-state index contributed by atoms with van der Waals surface area (Å²) in [5, 5.41) is 2.64. The molecule has 0 saturated heterocycles. The van der Waals surface area contributed by atoms with Crippen LogP contribution in [0.1, 0.15) is 6.92 Å². The number of thioether (sulfide) groups is 1. The molecule has 0 aliphatic heterocycles. The van der Waals surface area contributed by atoms with Gasteiger partial charge in [-0.05, 0) is 49.4 Å². The fourth-order valence-corrected chi connectivity index (χ4v) is 3.55. The highest BCUT2D eigenvalue weighted by Crippen LogP contribution is 2.34. The molecule has 3 aromatic carbocycles. The molecule has 1 amide bonds. The van der Waals surface area contributed by atoms with Gasteiger partial charge in [-0.15, -0.1) is 11.8 Å². The molecular formula is C23H23NO4S. The van der Waals surface area contributed by atoms with Gasteiger partial charge in [0.15, 0.2) is 17.2 Å². The minimum Gasteiger partial charge on any atom is -0.493 e. The molecule has 0 aromatic heterocycles. The van der Waals surface area contributed by atoms with E-state index >= 15 is 0 Å². The van der Waals surface area contributed by atoms with E-state index < -0.39 is 0 Å². The fraction of sp³-hybridized carbons (Fsp3) is 0.174. The van der Waals surface area contributed by atoms with Crippen LogP contribution in [0.15, 0.2) is 77.7 Å². The predicted octanol–water partition coefficient (Wildman–Crippen LogP) is 5.62. The summed E-state index contributed by atoms with van der Waals surface area (Å²) in [6, 6.07) is 22.4. The molecule has 0 radical (unpaired) electrons. The van der Waals surface area contributed by atoms with Gasteiger partial charge < -0.3 is 19.5 Å². The van der Waals surface area contributed by atoms with Gasteiger partial charge in [0, 0.05) is 4.90 Å². The summed E-state index contributed by atoms with van der Waals surface area (Å²) in [6.07, 6.45) is 0. The number of para-hydroxylation sites is 3. The maximum absolute atomic E-state index is 12.8. The Morgan fingerprint density at radius 3 is 2.28 bits per heavy atom. The Morgan fingerprint density at radius 2 is 1.55 bits per heavy atom. The molecule has 0 heterocycles. The van der Waals surface area contributed by atoms with Gasteiger partial charge in [0.05, 0.1) is 25.2 Å². The summed E-state index contributed by atoms with van der Waals surface area (Å²) in [7, 11) is 3.18. The molecule has 0 aliphatic rings. The van der Waals surface area contributed by atoms with Gasteiger partial charge in [-0.1, -0.05) is 30.3 Å². The number of benzene rings is 3. The summed E-state index contributed by atoms with van der Waals surface area (Å²) in [6.45, 7) is 1.86. The van der Waals surface area contributed by atoms with Crippen molar-refractivity contribution in [3.8, 4) is 23.0 Å². The summed E-state index contributed by atoms with van der Waals surface area (Å²) < 4.78 is 16.5. The molecule has 0 saturated carbocycles. The van der Waals surface area contributed by atoms with E-state index in [0.29, 0.717) is 28.7 Å². The summed E-state index contributed by atoms with van der Waals surface area (Å²) >= 11 is 1.44. The Bertz CT molecular complexity index is 962. The lowest BCUT2D eigenvalue weighted by Gasteiger charge is -2.16. The molecule has 3 aromatic rings. The Morgan fingerprint density at radius 1 is 0.862 bits per heavy atom. The van der Waals surface area contributed by atoms with Crippen LogP contribution >= 0.6 is 11.8 Å². The van der Waals surface area contributed by atoms with Crippen LogP contribution in [-0.2, 0) is 4.79 Å². The smallest absolute Gasteiger partial charge is 0.237 e. The zero-order chi connectivity index (χ0) is 20.6. The first-order chi connectivity index (χ1) is 14.1. The maximum atomic E-state index is 12.8. The number of carbonyl (C=O) groups is 1. The van der Waals surface area contributed by atoms with Crippen molar-refractivity contribution in [3.63, 3.8) is 0 Å². The minimum absolute atomic E-state index is 0.117. The fourth-order valence-electron chi connectivity index (χ4n) is 2.66. The zero-order valence-corrected chi connectivity index (χ0v) is 17.4. The maximum Gasteiger partial charge on any atom is 0.237 e. The molecule has 0 aliphatic carbocycles. The third-order valence-corrected chi connectivity index (χ3v) is 5.25. The van der Waals surface area contributed by atoms with Crippen molar-refractivity contribution < 1.29 is 19.0 Å². The lowest BCUT2D eigenvalue weighted by atomic mass is 10.2. The van der Waals surface area contributed by atoms with Crippen molar-refractivity contribution in [2.75, 3.05) is 19.5 Å². The van der Waals surface area contributed by atoms with E-state index in [9.17, 15) is 4.79 Å². The van der Waals surface area contributed by atoms with Crippen molar-refractivity contribution in [1.29, 1.82) is 0 Å². The van der Waals surface area contributed by atoms with Crippen LogP contribution in [0.4, 0.5) is 5.69 Å². The van der Waals surface area contributed by atoms with Crippen LogP contribution in [0.5, 0.6) is 23.0 Å². The van der Waals surface area contributed by atoms with Crippen molar-refractivity contribution in [1.82, 2.24) is 0 Å². The first-order valence-electron chi connectivity index (χ1n) is 9.12. The molecule has 29 heavy (non-hydrogen) atoms. The zero-order valence-electron chi connectivity index (χ0n) is 16.5. The second-order valence-corrected chi connectivity index (χ2v) is 7.59. The van der Waals surface area contributed by atoms with Crippen LogP contribution in [0.25, 0.3) is 0 Å². The Hall–Kier alpha value is -3.12. The highest BCUT2D eigenvalue weighted by Gasteiger charge is 2.17.